The molecule has 1 aromatic rings. The molecule has 1 aliphatic heterocycles. The lowest BCUT2D eigenvalue weighted by atomic mass is 9.76. The molecule has 0 radical (unpaired) electrons. The van der Waals surface area contributed by atoms with Gasteiger partial charge in [-0.25, -0.2) is 4.39 Å². The van der Waals surface area contributed by atoms with E-state index in [0.717, 1.165) is 39.0 Å². The maximum Gasteiger partial charge on any atom is 0.143 e. The molecule has 2 fully saturated rings. The number of rotatable bonds is 3. The molecule has 3 rings (SSSR count). The average molecular weight is 279 g/mol. The van der Waals surface area contributed by atoms with Crippen LogP contribution < -0.4 is 11.1 Å². The van der Waals surface area contributed by atoms with Gasteiger partial charge in [0.05, 0.1) is 5.69 Å². The number of nitrogens with two attached hydrogens (primary N) is 1. The molecule has 20 heavy (non-hydrogen) atoms. The van der Waals surface area contributed by atoms with E-state index >= 15 is 0 Å². The Kier molecular flexibility index (Phi) is 3.81. The van der Waals surface area contributed by atoms with Gasteiger partial charge in [0, 0.05) is 43.9 Å². The number of hydrogen-bond acceptors (Lipinski definition) is 4. The Morgan fingerprint density at radius 2 is 2.00 bits per heavy atom. The minimum atomic E-state index is -0.366. The summed E-state index contributed by atoms with van der Waals surface area (Å²) in [6.07, 6.45) is 3.51. The first kappa shape index (κ1) is 13.6. The minimum Gasteiger partial charge on any atom is -0.505 e. The highest BCUT2D eigenvalue weighted by atomic mass is 19.1. The van der Waals surface area contributed by atoms with Crippen molar-refractivity contribution in [2.24, 2.45) is 5.92 Å². The van der Waals surface area contributed by atoms with Gasteiger partial charge in [-0.1, -0.05) is 6.42 Å². The number of anilines is 1. The number of piperazine rings is 1. The molecule has 110 valence electrons. The van der Waals surface area contributed by atoms with Crippen LogP contribution in [-0.2, 0) is 0 Å². The van der Waals surface area contributed by atoms with Crippen LogP contribution in [0.4, 0.5) is 10.1 Å². The zero-order valence-corrected chi connectivity index (χ0v) is 11.6. The van der Waals surface area contributed by atoms with Crippen LogP contribution in [0.1, 0.15) is 30.9 Å². The van der Waals surface area contributed by atoms with Gasteiger partial charge in [0.25, 0.3) is 0 Å². The molecule has 1 atom stereocenters. The molecule has 1 aromatic carbocycles. The van der Waals surface area contributed by atoms with Crippen molar-refractivity contribution in [1.29, 1.82) is 0 Å². The first-order valence-electron chi connectivity index (χ1n) is 7.39. The number of nitrogens with one attached hydrogen (secondary N) is 1. The van der Waals surface area contributed by atoms with Crippen LogP contribution >= 0.6 is 0 Å². The summed E-state index contributed by atoms with van der Waals surface area (Å²) in [6, 6.07) is 2.73. The van der Waals surface area contributed by atoms with Gasteiger partial charge in [-0.2, -0.15) is 0 Å². The van der Waals surface area contributed by atoms with Crippen molar-refractivity contribution in [3.05, 3.63) is 23.5 Å². The molecule has 2 aliphatic rings. The van der Waals surface area contributed by atoms with E-state index in [1.165, 1.54) is 18.6 Å². The van der Waals surface area contributed by atoms with Crippen molar-refractivity contribution < 1.29 is 9.50 Å². The number of halogens is 1. The van der Waals surface area contributed by atoms with Crippen molar-refractivity contribution in [2.75, 3.05) is 31.9 Å². The quantitative estimate of drug-likeness (QED) is 0.584. The van der Waals surface area contributed by atoms with E-state index < -0.39 is 0 Å². The van der Waals surface area contributed by atoms with E-state index in [-0.39, 0.29) is 23.3 Å². The third-order valence-corrected chi connectivity index (χ3v) is 4.59. The summed E-state index contributed by atoms with van der Waals surface area (Å²) in [7, 11) is 0. The lowest BCUT2D eigenvalue weighted by molar-refractivity contribution is 0.0818. The van der Waals surface area contributed by atoms with Gasteiger partial charge in [0.1, 0.15) is 11.6 Å². The minimum absolute atomic E-state index is 0.0573. The van der Waals surface area contributed by atoms with Crippen LogP contribution in [0.15, 0.2) is 12.1 Å². The number of hydrogen-bond donors (Lipinski definition) is 3. The lowest BCUT2D eigenvalue weighted by Gasteiger charge is -2.43. The van der Waals surface area contributed by atoms with Gasteiger partial charge >= 0.3 is 0 Å². The maximum absolute atomic E-state index is 13.7. The molecule has 1 aliphatic carbocycles. The van der Waals surface area contributed by atoms with Crippen molar-refractivity contribution in [2.45, 2.75) is 25.3 Å². The standard InChI is InChI=1S/C15H22FN3O/c16-11-8-12(15(20)13(17)9-11)14(10-2-1-3-10)19-6-4-18-5-7-19/h8-10,14,18,20H,1-7,17H2/t14-/m1/s1. The maximum atomic E-state index is 13.7. The van der Waals surface area contributed by atoms with E-state index in [1.807, 2.05) is 0 Å². The number of nitrogens with zero attached hydrogens (tertiary/aromatic N) is 1. The van der Waals surface area contributed by atoms with Crippen LogP contribution in [-0.4, -0.2) is 36.2 Å². The summed E-state index contributed by atoms with van der Waals surface area (Å²) in [5, 5.41) is 13.6. The predicted octanol–water partition coefficient (Wildman–Crippen LogP) is 1.86. The van der Waals surface area contributed by atoms with Gasteiger partial charge < -0.3 is 16.2 Å². The van der Waals surface area contributed by atoms with Crippen LogP contribution in [0.5, 0.6) is 5.75 Å². The Hall–Kier alpha value is -1.33. The Labute approximate surface area is 118 Å². The topological polar surface area (TPSA) is 61.5 Å². The van der Waals surface area contributed by atoms with Crippen molar-refractivity contribution >= 4 is 5.69 Å². The summed E-state index contributed by atoms with van der Waals surface area (Å²) in [4.78, 5) is 2.36. The summed E-state index contributed by atoms with van der Waals surface area (Å²) < 4.78 is 13.7. The fourth-order valence-electron chi connectivity index (χ4n) is 3.33. The fraction of sp³-hybridized carbons (Fsp3) is 0.600. The lowest BCUT2D eigenvalue weighted by Crippen LogP contribution is -2.47. The largest absolute Gasteiger partial charge is 0.505 e. The SMILES string of the molecule is Nc1cc(F)cc([C@@H](C2CCC2)N2CCNCC2)c1O. The van der Waals surface area contributed by atoms with Crippen LogP contribution in [0.3, 0.4) is 0 Å². The molecule has 1 heterocycles. The number of nitrogen functional groups attached to an aromatic ring is 1. The molecule has 0 amide bonds. The molecular weight excluding hydrogens is 257 g/mol. The highest BCUT2D eigenvalue weighted by molar-refractivity contribution is 5.57. The zero-order chi connectivity index (χ0) is 14.1. The Morgan fingerprint density at radius 1 is 1.30 bits per heavy atom. The summed E-state index contributed by atoms with van der Waals surface area (Å²) >= 11 is 0. The van der Waals surface area contributed by atoms with E-state index in [4.69, 9.17) is 5.73 Å². The van der Waals surface area contributed by atoms with Gasteiger partial charge in [-0.15, -0.1) is 0 Å². The molecule has 0 bridgehead atoms. The summed E-state index contributed by atoms with van der Waals surface area (Å²) in [5.41, 5.74) is 6.53. The summed E-state index contributed by atoms with van der Waals surface area (Å²) in [5.74, 6) is 0.191. The second-order valence-corrected chi connectivity index (χ2v) is 5.85. The first-order chi connectivity index (χ1) is 9.66. The third kappa shape index (κ3) is 2.47. The molecule has 0 spiro atoms. The monoisotopic (exact) mass is 279 g/mol. The second-order valence-electron chi connectivity index (χ2n) is 5.85. The first-order valence-corrected chi connectivity index (χ1v) is 7.39. The molecule has 0 aromatic heterocycles. The predicted molar refractivity (Wildman–Crippen MR) is 77.0 cm³/mol. The van der Waals surface area contributed by atoms with Gasteiger partial charge in [0.2, 0.25) is 0 Å². The highest BCUT2D eigenvalue weighted by Crippen LogP contribution is 2.45. The number of benzene rings is 1. The van der Waals surface area contributed by atoms with Crippen molar-refractivity contribution in [3.63, 3.8) is 0 Å². The normalized spacial score (nSPS) is 22.4. The third-order valence-electron chi connectivity index (χ3n) is 4.59. The van der Waals surface area contributed by atoms with Crippen LogP contribution in [0.2, 0.25) is 0 Å². The summed E-state index contributed by atoms with van der Waals surface area (Å²) in [6.45, 7) is 3.73. The highest BCUT2D eigenvalue weighted by Gasteiger charge is 2.35. The number of phenolic OH excluding ortho intramolecular Hbond substituents is 1. The molecule has 4 nitrogen and oxygen atoms in total. The molecule has 5 heteroatoms. The zero-order valence-electron chi connectivity index (χ0n) is 11.6. The van der Waals surface area contributed by atoms with Gasteiger partial charge in [-0.3, -0.25) is 4.90 Å². The number of phenols is 1. The Balaban J connectivity index is 1.96. The number of aromatic hydroxyl groups is 1. The van der Waals surface area contributed by atoms with E-state index in [9.17, 15) is 9.50 Å². The second kappa shape index (κ2) is 5.58. The average Bonchev–Trinajstić information content (AvgIpc) is 2.39. The van der Waals surface area contributed by atoms with Gasteiger partial charge in [0.15, 0.2) is 0 Å². The molecule has 1 saturated carbocycles. The molecular formula is C15H22FN3O. The fourth-order valence-corrected chi connectivity index (χ4v) is 3.33. The van der Waals surface area contributed by atoms with Crippen molar-refractivity contribution in [3.8, 4) is 5.75 Å². The molecule has 4 N–H and O–H groups in total. The van der Waals surface area contributed by atoms with E-state index in [2.05, 4.69) is 10.2 Å². The smallest absolute Gasteiger partial charge is 0.143 e. The Morgan fingerprint density at radius 3 is 2.60 bits per heavy atom. The van der Waals surface area contributed by atoms with Crippen molar-refractivity contribution in [1.82, 2.24) is 10.2 Å². The van der Waals surface area contributed by atoms with E-state index in [0.29, 0.717) is 11.5 Å². The Bertz CT molecular complexity index is 484. The van der Waals surface area contributed by atoms with Gasteiger partial charge in [-0.05, 0) is 24.8 Å². The molecule has 0 unspecified atom stereocenters. The molecule has 1 saturated heterocycles. The van der Waals surface area contributed by atoms with Crippen LogP contribution in [0.25, 0.3) is 0 Å². The van der Waals surface area contributed by atoms with Crippen LogP contribution in [0, 0.1) is 11.7 Å². The van der Waals surface area contributed by atoms with E-state index in [1.54, 1.807) is 0 Å².